The standard InChI is InChI=1S/C18H26N4O3/c1-21-8-4-9-22(12-11-21)10-7-17-19-18(20-25-17)14-5-6-15(23-2)16(13-14)24-3/h5-6,13H,4,7-12H2,1-3H3. The molecule has 7 heteroatoms. The molecule has 2 heterocycles. The van der Waals surface area contributed by atoms with Gasteiger partial charge in [0.15, 0.2) is 11.5 Å². The first-order chi connectivity index (χ1) is 12.2. The number of rotatable bonds is 6. The van der Waals surface area contributed by atoms with Gasteiger partial charge in [-0.3, -0.25) is 0 Å². The zero-order chi connectivity index (χ0) is 17.6. The molecule has 0 aliphatic carbocycles. The fraction of sp³-hybridized carbons (Fsp3) is 0.556. The summed E-state index contributed by atoms with van der Waals surface area (Å²) < 4.78 is 16.0. The van der Waals surface area contributed by atoms with Crippen molar-refractivity contribution in [1.29, 1.82) is 0 Å². The Labute approximate surface area is 148 Å². The minimum absolute atomic E-state index is 0.576. The summed E-state index contributed by atoms with van der Waals surface area (Å²) in [7, 11) is 5.41. The molecule has 7 nitrogen and oxygen atoms in total. The SMILES string of the molecule is COc1ccc(-c2noc(CCN3CCCN(C)CC3)n2)cc1OC. The van der Waals surface area contributed by atoms with Gasteiger partial charge in [-0.25, -0.2) is 0 Å². The molecule has 0 amide bonds. The van der Waals surface area contributed by atoms with Gasteiger partial charge >= 0.3 is 0 Å². The van der Waals surface area contributed by atoms with Gasteiger partial charge < -0.3 is 23.8 Å². The van der Waals surface area contributed by atoms with Crippen LogP contribution in [-0.2, 0) is 6.42 Å². The van der Waals surface area contributed by atoms with E-state index in [-0.39, 0.29) is 0 Å². The summed E-state index contributed by atoms with van der Waals surface area (Å²) in [5, 5.41) is 4.10. The highest BCUT2D eigenvalue weighted by molar-refractivity contribution is 5.60. The van der Waals surface area contributed by atoms with E-state index in [0.717, 1.165) is 38.2 Å². The van der Waals surface area contributed by atoms with Gasteiger partial charge in [0.25, 0.3) is 0 Å². The number of aromatic nitrogens is 2. The van der Waals surface area contributed by atoms with Gasteiger partial charge in [-0.05, 0) is 44.8 Å². The van der Waals surface area contributed by atoms with E-state index in [9.17, 15) is 0 Å². The first-order valence-corrected chi connectivity index (χ1v) is 8.65. The van der Waals surface area contributed by atoms with E-state index in [4.69, 9.17) is 14.0 Å². The smallest absolute Gasteiger partial charge is 0.228 e. The Morgan fingerprint density at radius 3 is 2.72 bits per heavy atom. The molecule has 1 saturated heterocycles. The maximum Gasteiger partial charge on any atom is 0.228 e. The zero-order valence-corrected chi connectivity index (χ0v) is 15.2. The monoisotopic (exact) mass is 346 g/mol. The zero-order valence-electron chi connectivity index (χ0n) is 15.2. The number of benzene rings is 1. The Morgan fingerprint density at radius 1 is 1.08 bits per heavy atom. The second-order valence-electron chi connectivity index (χ2n) is 6.33. The molecule has 0 atom stereocenters. The molecular formula is C18H26N4O3. The van der Waals surface area contributed by atoms with Gasteiger partial charge in [0.2, 0.25) is 11.7 Å². The third-order valence-corrected chi connectivity index (χ3v) is 4.56. The average molecular weight is 346 g/mol. The molecule has 1 aromatic heterocycles. The van der Waals surface area contributed by atoms with Gasteiger partial charge in [0, 0.05) is 31.6 Å². The lowest BCUT2D eigenvalue weighted by Gasteiger charge is -2.18. The van der Waals surface area contributed by atoms with E-state index in [0.29, 0.717) is 23.2 Å². The third kappa shape index (κ3) is 4.49. The lowest BCUT2D eigenvalue weighted by atomic mass is 10.2. The molecule has 1 aliphatic rings. The van der Waals surface area contributed by atoms with Crippen LogP contribution >= 0.6 is 0 Å². The summed E-state index contributed by atoms with van der Waals surface area (Å²) in [5.41, 5.74) is 0.851. The van der Waals surface area contributed by atoms with Crippen LogP contribution in [0.25, 0.3) is 11.4 Å². The third-order valence-electron chi connectivity index (χ3n) is 4.56. The Hall–Kier alpha value is -2.12. The topological polar surface area (TPSA) is 63.9 Å². The number of hydrogen-bond donors (Lipinski definition) is 0. The molecule has 25 heavy (non-hydrogen) atoms. The molecule has 0 saturated carbocycles. The molecule has 1 aromatic carbocycles. The number of likely N-dealkylation sites (N-methyl/N-ethyl adjacent to an activating group) is 1. The van der Waals surface area contributed by atoms with Gasteiger partial charge in [0.1, 0.15) is 0 Å². The minimum atomic E-state index is 0.576. The van der Waals surface area contributed by atoms with Crippen LogP contribution in [0.15, 0.2) is 22.7 Å². The molecule has 2 aromatic rings. The fourth-order valence-electron chi connectivity index (χ4n) is 3.03. The van der Waals surface area contributed by atoms with E-state index in [2.05, 4.69) is 27.0 Å². The number of methoxy groups -OCH3 is 2. The van der Waals surface area contributed by atoms with Crippen LogP contribution in [0.2, 0.25) is 0 Å². The maximum atomic E-state index is 5.42. The first kappa shape index (κ1) is 17.7. The molecule has 3 rings (SSSR count). The summed E-state index contributed by atoms with van der Waals surface area (Å²) in [6, 6.07) is 5.61. The molecule has 0 N–H and O–H groups in total. The van der Waals surface area contributed by atoms with E-state index in [1.54, 1.807) is 14.2 Å². The Morgan fingerprint density at radius 2 is 1.92 bits per heavy atom. The largest absolute Gasteiger partial charge is 0.493 e. The molecule has 1 fully saturated rings. The summed E-state index contributed by atoms with van der Waals surface area (Å²) in [6.07, 6.45) is 1.97. The van der Waals surface area contributed by atoms with Crippen molar-refractivity contribution >= 4 is 0 Å². The molecular weight excluding hydrogens is 320 g/mol. The second kappa shape index (κ2) is 8.31. The van der Waals surface area contributed by atoms with Gasteiger partial charge in [-0.1, -0.05) is 5.16 Å². The summed E-state index contributed by atoms with van der Waals surface area (Å²) in [6.45, 7) is 5.44. The van der Waals surface area contributed by atoms with Crippen molar-refractivity contribution < 1.29 is 14.0 Å². The summed E-state index contributed by atoms with van der Waals surface area (Å²) >= 11 is 0. The van der Waals surface area contributed by atoms with Crippen LogP contribution in [0.1, 0.15) is 12.3 Å². The van der Waals surface area contributed by atoms with Crippen molar-refractivity contribution in [2.75, 3.05) is 54.0 Å². The van der Waals surface area contributed by atoms with Crippen molar-refractivity contribution in [3.63, 3.8) is 0 Å². The summed E-state index contributed by atoms with van der Waals surface area (Å²) in [4.78, 5) is 9.36. The van der Waals surface area contributed by atoms with Crippen LogP contribution < -0.4 is 9.47 Å². The molecule has 0 unspecified atom stereocenters. The minimum Gasteiger partial charge on any atom is -0.493 e. The maximum absolute atomic E-state index is 5.42. The highest BCUT2D eigenvalue weighted by atomic mass is 16.5. The Bertz CT molecular complexity index is 689. The van der Waals surface area contributed by atoms with Crippen molar-refractivity contribution in [2.45, 2.75) is 12.8 Å². The fourth-order valence-corrected chi connectivity index (χ4v) is 3.03. The molecule has 136 valence electrons. The van der Waals surface area contributed by atoms with Crippen LogP contribution in [0.3, 0.4) is 0 Å². The van der Waals surface area contributed by atoms with E-state index >= 15 is 0 Å². The molecule has 0 spiro atoms. The highest BCUT2D eigenvalue weighted by Gasteiger charge is 2.15. The number of nitrogens with zero attached hydrogens (tertiary/aromatic N) is 4. The summed E-state index contributed by atoms with van der Waals surface area (Å²) in [5.74, 6) is 2.58. The quantitative estimate of drug-likeness (QED) is 0.792. The number of hydrogen-bond acceptors (Lipinski definition) is 7. The predicted octanol–water partition coefficient (Wildman–Crippen LogP) is 1.93. The molecule has 0 bridgehead atoms. The Kier molecular flexibility index (Phi) is 5.88. The Balaban J connectivity index is 1.62. The van der Waals surface area contributed by atoms with Crippen molar-refractivity contribution in [2.24, 2.45) is 0 Å². The van der Waals surface area contributed by atoms with Crippen LogP contribution in [0, 0.1) is 0 Å². The normalized spacial score (nSPS) is 16.6. The van der Waals surface area contributed by atoms with Crippen LogP contribution in [0.5, 0.6) is 11.5 Å². The highest BCUT2D eigenvalue weighted by Crippen LogP contribution is 2.31. The van der Waals surface area contributed by atoms with E-state index in [1.807, 2.05) is 18.2 Å². The van der Waals surface area contributed by atoms with E-state index < -0.39 is 0 Å². The van der Waals surface area contributed by atoms with Gasteiger partial charge in [0.05, 0.1) is 14.2 Å². The van der Waals surface area contributed by atoms with Crippen LogP contribution in [-0.4, -0.2) is 73.9 Å². The lowest BCUT2D eigenvalue weighted by Crippen LogP contribution is -2.30. The van der Waals surface area contributed by atoms with Crippen LogP contribution in [0.4, 0.5) is 0 Å². The molecule has 0 radical (unpaired) electrons. The van der Waals surface area contributed by atoms with Gasteiger partial charge in [-0.15, -0.1) is 0 Å². The van der Waals surface area contributed by atoms with Crippen molar-refractivity contribution in [3.8, 4) is 22.9 Å². The van der Waals surface area contributed by atoms with Crippen molar-refractivity contribution in [3.05, 3.63) is 24.1 Å². The average Bonchev–Trinajstić information content (AvgIpc) is 3.02. The molecule has 1 aliphatic heterocycles. The predicted molar refractivity (Wildman–Crippen MR) is 95.1 cm³/mol. The van der Waals surface area contributed by atoms with E-state index in [1.165, 1.54) is 13.0 Å². The lowest BCUT2D eigenvalue weighted by molar-refractivity contribution is 0.266. The van der Waals surface area contributed by atoms with Crippen molar-refractivity contribution in [1.82, 2.24) is 19.9 Å². The van der Waals surface area contributed by atoms with Gasteiger partial charge in [-0.2, -0.15) is 4.98 Å². The first-order valence-electron chi connectivity index (χ1n) is 8.65. The second-order valence-corrected chi connectivity index (χ2v) is 6.33. The number of ether oxygens (including phenoxy) is 2.